The van der Waals surface area contributed by atoms with Crippen molar-refractivity contribution in [2.75, 3.05) is 11.2 Å². The summed E-state index contributed by atoms with van der Waals surface area (Å²) in [5, 5.41) is 2.78. The van der Waals surface area contributed by atoms with E-state index in [1.54, 1.807) is 30.5 Å². The van der Waals surface area contributed by atoms with Gasteiger partial charge in [-0.25, -0.2) is 13.8 Å². The first-order valence-electron chi connectivity index (χ1n) is 8.04. The summed E-state index contributed by atoms with van der Waals surface area (Å²) >= 11 is 5.88. The van der Waals surface area contributed by atoms with Gasteiger partial charge in [-0.15, -0.1) is 11.6 Å². The highest BCUT2D eigenvalue weighted by atomic mass is 35.5. The molecule has 4 nitrogen and oxygen atoms in total. The van der Waals surface area contributed by atoms with Crippen LogP contribution in [0.15, 0.2) is 36.5 Å². The van der Waals surface area contributed by atoms with Crippen LogP contribution >= 0.6 is 11.6 Å². The minimum Gasteiger partial charge on any atom is -0.309 e. The van der Waals surface area contributed by atoms with Gasteiger partial charge in [0.1, 0.15) is 28.8 Å². The van der Waals surface area contributed by atoms with Crippen LogP contribution in [0.3, 0.4) is 0 Å². The second kappa shape index (κ2) is 6.68. The second-order valence-corrected chi connectivity index (χ2v) is 7.10. The molecule has 1 amide bonds. The smallest absolute Gasteiger partial charge is 0.232 e. The number of halogens is 3. The number of carbonyl (C=O) groups is 1. The van der Waals surface area contributed by atoms with Gasteiger partial charge in [-0.2, -0.15) is 0 Å². The van der Waals surface area contributed by atoms with Crippen molar-refractivity contribution in [2.45, 2.75) is 20.8 Å². The lowest BCUT2D eigenvalue weighted by Crippen LogP contribution is -2.32. The van der Waals surface area contributed by atoms with Crippen LogP contribution in [0.2, 0.25) is 0 Å². The third-order valence-electron chi connectivity index (χ3n) is 4.15. The van der Waals surface area contributed by atoms with Crippen LogP contribution in [0.25, 0.3) is 16.9 Å². The molecule has 0 aliphatic carbocycles. The molecule has 0 aliphatic rings. The molecule has 0 spiro atoms. The van der Waals surface area contributed by atoms with Crippen molar-refractivity contribution in [2.24, 2.45) is 5.41 Å². The predicted molar refractivity (Wildman–Crippen MR) is 98.4 cm³/mol. The number of pyridine rings is 1. The molecule has 7 heteroatoms. The number of nitrogens with one attached hydrogen (secondary N) is 1. The molecule has 26 heavy (non-hydrogen) atoms. The van der Waals surface area contributed by atoms with Crippen molar-refractivity contribution in [1.29, 1.82) is 0 Å². The maximum absolute atomic E-state index is 14.3. The summed E-state index contributed by atoms with van der Waals surface area (Å²) in [5.74, 6) is -1.18. The Labute approximate surface area is 154 Å². The Bertz CT molecular complexity index is 998. The van der Waals surface area contributed by atoms with Crippen LogP contribution in [0.5, 0.6) is 0 Å². The van der Waals surface area contributed by atoms with Gasteiger partial charge in [0.15, 0.2) is 0 Å². The molecule has 3 rings (SSSR count). The molecule has 0 saturated heterocycles. The van der Waals surface area contributed by atoms with Crippen LogP contribution in [-0.2, 0) is 4.79 Å². The van der Waals surface area contributed by atoms with Gasteiger partial charge in [0.25, 0.3) is 0 Å². The Morgan fingerprint density at radius 3 is 2.69 bits per heavy atom. The molecule has 0 atom stereocenters. The van der Waals surface area contributed by atoms with Crippen LogP contribution in [-0.4, -0.2) is 21.2 Å². The van der Waals surface area contributed by atoms with E-state index in [2.05, 4.69) is 10.3 Å². The fourth-order valence-corrected chi connectivity index (χ4v) is 2.59. The number of aryl methyl sites for hydroxylation is 1. The molecule has 136 valence electrons. The number of fused-ring (bicyclic) bond motifs is 1. The lowest BCUT2D eigenvalue weighted by atomic mass is 9.95. The predicted octanol–water partition coefficient (Wildman–Crippen LogP) is 4.79. The summed E-state index contributed by atoms with van der Waals surface area (Å²) in [6.07, 6.45) is 1.72. The molecule has 1 aromatic carbocycles. The zero-order valence-electron chi connectivity index (χ0n) is 14.6. The number of nitrogens with zero attached hydrogens (tertiary/aromatic N) is 2. The molecule has 2 aromatic heterocycles. The molecule has 0 aliphatic heterocycles. The number of amides is 1. The SMILES string of the molecule is Cc1ccn2c(NC(=O)C(C)(C)CCl)c(-c3cc(F)ccc3F)nc2c1. The highest BCUT2D eigenvalue weighted by Gasteiger charge is 2.29. The van der Waals surface area contributed by atoms with E-state index in [9.17, 15) is 13.6 Å². The Morgan fingerprint density at radius 2 is 2.00 bits per heavy atom. The molecule has 2 heterocycles. The van der Waals surface area contributed by atoms with Crippen LogP contribution in [0.1, 0.15) is 19.4 Å². The lowest BCUT2D eigenvalue weighted by Gasteiger charge is -2.20. The largest absolute Gasteiger partial charge is 0.309 e. The van der Waals surface area contributed by atoms with E-state index in [0.29, 0.717) is 5.65 Å². The normalized spacial score (nSPS) is 11.8. The first-order chi connectivity index (χ1) is 12.2. The zero-order valence-corrected chi connectivity index (χ0v) is 15.4. The van der Waals surface area contributed by atoms with Crippen molar-refractivity contribution < 1.29 is 13.6 Å². The summed E-state index contributed by atoms with van der Waals surface area (Å²) in [4.78, 5) is 17.0. The van der Waals surface area contributed by atoms with Crippen molar-refractivity contribution >= 4 is 29.0 Å². The van der Waals surface area contributed by atoms with E-state index in [1.165, 1.54) is 0 Å². The summed E-state index contributed by atoms with van der Waals surface area (Å²) in [6.45, 7) is 5.29. The van der Waals surface area contributed by atoms with Gasteiger partial charge < -0.3 is 5.32 Å². The number of imidazole rings is 1. The maximum Gasteiger partial charge on any atom is 0.232 e. The average Bonchev–Trinajstić information content (AvgIpc) is 2.94. The Balaban J connectivity index is 2.22. The van der Waals surface area contributed by atoms with Gasteiger partial charge >= 0.3 is 0 Å². The van der Waals surface area contributed by atoms with Crippen molar-refractivity contribution in [3.8, 4) is 11.3 Å². The van der Waals surface area contributed by atoms with Gasteiger partial charge in [0.2, 0.25) is 5.91 Å². The fraction of sp³-hybridized carbons (Fsp3) is 0.263. The third kappa shape index (κ3) is 3.29. The van der Waals surface area contributed by atoms with E-state index in [1.807, 2.05) is 13.0 Å². The minimum atomic E-state index is -0.839. The Kier molecular flexibility index (Phi) is 4.71. The zero-order chi connectivity index (χ0) is 19.1. The highest BCUT2D eigenvalue weighted by Crippen LogP contribution is 2.32. The number of anilines is 1. The fourth-order valence-electron chi connectivity index (χ4n) is 2.47. The van der Waals surface area contributed by atoms with Crippen LogP contribution in [0, 0.1) is 24.0 Å². The molecule has 3 aromatic rings. The van der Waals surface area contributed by atoms with Gasteiger partial charge in [-0.1, -0.05) is 0 Å². The molecule has 0 saturated carbocycles. The number of aromatic nitrogens is 2. The van der Waals surface area contributed by atoms with E-state index in [-0.39, 0.29) is 28.9 Å². The average molecular weight is 378 g/mol. The van der Waals surface area contributed by atoms with E-state index in [0.717, 1.165) is 23.8 Å². The summed E-state index contributed by atoms with van der Waals surface area (Å²) in [7, 11) is 0. The number of alkyl halides is 1. The summed E-state index contributed by atoms with van der Waals surface area (Å²) in [6, 6.07) is 6.76. The minimum absolute atomic E-state index is 0.0228. The van der Waals surface area contributed by atoms with Gasteiger partial charge in [-0.3, -0.25) is 9.20 Å². The van der Waals surface area contributed by atoms with E-state index in [4.69, 9.17) is 11.6 Å². The maximum atomic E-state index is 14.3. The Hall–Kier alpha value is -2.47. The number of hydrogen-bond acceptors (Lipinski definition) is 2. The number of carbonyl (C=O) groups excluding carboxylic acids is 1. The Morgan fingerprint density at radius 1 is 1.27 bits per heavy atom. The van der Waals surface area contributed by atoms with Gasteiger partial charge in [0, 0.05) is 17.6 Å². The summed E-state index contributed by atoms with van der Waals surface area (Å²) in [5.41, 5.74) is 0.765. The number of benzene rings is 1. The number of hydrogen-bond donors (Lipinski definition) is 1. The van der Waals surface area contributed by atoms with Crippen molar-refractivity contribution in [3.05, 3.63) is 53.7 Å². The topological polar surface area (TPSA) is 46.4 Å². The lowest BCUT2D eigenvalue weighted by molar-refractivity contribution is -0.123. The molecular formula is C19H18ClF2N3O. The third-order valence-corrected chi connectivity index (χ3v) is 4.81. The van der Waals surface area contributed by atoms with Crippen LogP contribution < -0.4 is 5.32 Å². The van der Waals surface area contributed by atoms with Crippen molar-refractivity contribution in [3.63, 3.8) is 0 Å². The first-order valence-corrected chi connectivity index (χ1v) is 8.58. The molecule has 1 N–H and O–H groups in total. The molecule has 0 fully saturated rings. The standard InChI is InChI=1S/C19H18ClF2N3O/c1-11-6-7-25-15(8-11)23-16(13-9-12(21)4-5-14(13)22)17(25)24-18(26)19(2,3)10-20/h4-9H,10H2,1-3H3,(H,24,26). The van der Waals surface area contributed by atoms with Gasteiger partial charge in [-0.05, 0) is 56.7 Å². The summed E-state index contributed by atoms with van der Waals surface area (Å²) < 4.78 is 29.6. The number of rotatable bonds is 4. The monoisotopic (exact) mass is 377 g/mol. The molecule has 0 bridgehead atoms. The molecule has 0 radical (unpaired) electrons. The van der Waals surface area contributed by atoms with Crippen LogP contribution in [0.4, 0.5) is 14.6 Å². The first kappa shape index (κ1) is 18.3. The van der Waals surface area contributed by atoms with Gasteiger partial charge in [0.05, 0.1) is 5.41 Å². The quantitative estimate of drug-likeness (QED) is 0.664. The second-order valence-electron chi connectivity index (χ2n) is 6.84. The molecule has 0 unspecified atom stereocenters. The van der Waals surface area contributed by atoms with E-state index < -0.39 is 17.0 Å². The highest BCUT2D eigenvalue weighted by molar-refractivity contribution is 6.20. The molecular weight excluding hydrogens is 360 g/mol. The van der Waals surface area contributed by atoms with Crippen molar-refractivity contribution in [1.82, 2.24) is 9.38 Å². The van der Waals surface area contributed by atoms with E-state index >= 15 is 0 Å².